The molecule has 3 rings (SSSR count). The molecule has 7 nitrogen and oxygen atoms in total. The largest absolute Gasteiger partial charge is 0.491 e. The van der Waals surface area contributed by atoms with E-state index in [9.17, 15) is 14.4 Å². The Hall–Kier alpha value is -3.35. The van der Waals surface area contributed by atoms with Gasteiger partial charge in [-0.2, -0.15) is 0 Å². The smallest absolute Gasteiger partial charge is 0.254 e. The summed E-state index contributed by atoms with van der Waals surface area (Å²) in [5, 5.41) is 5.63. The second-order valence-corrected chi connectivity index (χ2v) is 8.30. The van der Waals surface area contributed by atoms with Gasteiger partial charge in [0.05, 0.1) is 6.10 Å². The van der Waals surface area contributed by atoms with Gasteiger partial charge in [-0.1, -0.05) is 12.1 Å². The highest BCUT2D eigenvalue weighted by molar-refractivity contribution is 5.98. The van der Waals surface area contributed by atoms with Gasteiger partial charge in [-0.25, -0.2) is 0 Å². The van der Waals surface area contributed by atoms with E-state index in [-0.39, 0.29) is 23.8 Å². The van der Waals surface area contributed by atoms with E-state index < -0.39 is 6.04 Å². The molecule has 170 valence electrons. The molecular formula is C25H31N3O4. The first-order valence-corrected chi connectivity index (χ1v) is 11.1. The van der Waals surface area contributed by atoms with E-state index >= 15 is 0 Å². The first kappa shape index (κ1) is 23.3. The predicted octanol–water partition coefficient (Wildman–Crippen LogP) is 3.74. The maximum atomic E-state index is 13.5. The Morgan fingerprint density at radius 3 is 2.41 bits per heavy atom. The first-order chi connectivity index (χ1) is 15.3. The summed E-state index contributed by atoms with van der Waals surface area (Å²) in [5.41, 5.74) is 2.01. The van der Waals surface area contributed by atoms with Crippen LogP contribution in [-0.4, -0.2) is 41.3 Å². The average molecular weight is 438 g/mol. The molecule has 2 aromatic rings. The Morgan fingerprint density at radius 2 is 1.78 bits per heavy atom. The van der Waals surface area contributed by atoms with E-state index in [0.717, 1.165) is 24.2 Å². The van der Waals surface area contributed by atoms with Crippen LogP contribution in [0.3, 0.4) is 0 Å². The summed E-state index contributed by atoms with van der Waals surface area (Å²) in [4.78, 5) is 39.2. The van der Waals surface area contributed by atoms with Crippen LogP contribution in [0.15, 0.2) is 48.5 Å². The summed E-state index contributed by atoms with van der Waals surface area (Å²) >= 11 is 0. The van der Waals surface area contributed by atoms with E-state index in [2.05, 4.69) is 10.6 Å². The van der Waals surface area contributed by atoms with Gasteiger partial charge >= 0.3 is 0 Å². The quantitative estimate of drug-likeness (QED) is 0.691. The normalized spacial score (nSPS) is 16.1. The van der Waals surface area contributed by atoms with Gasteiger partial charge in [-0.05, 0) is 75.1 Å². The second kappa shape index (κ2) is 10.8. The van der Waals surface area contributed by atoms with Crippen LogP contribution in [0.5, 0.6) is 5.75 Å². The van der Waals surface area contributed by atoms with Gasteiger partial charge in [0, 0.05) is 31.3 Å². The molecule has 32 heavy (non-hydrogen) atoms. The van der Waals surface area contributed by atoms with Crippen LogP contribution < -0.4 is 15.4 Å². The fourth-order valence-corrected chi connectivity index (χ4v) is 3.75. The lowest BCUT2D eigenvalue weighted by Crippen LogP contribution is -2.48. The maximum Gasteiger partial charge on any atom is 0.254 e. The molecule has 0 aliphatic carbocycles. The summed E-state index contributed by atoms with van der Waals surface area (Å²) in [6.07, 6.45) is 2.47. The van der Waals surface area contributed by atoms with Crippen molar-refractivity contribution in [3.63, 3.8) is 0 Å². The molecule has 0 radical (unpaired) electrons. The zero-order valence-corrected chi connectivity index (χ0v) is 18.9. The number of hydrogen-bond donors (Lipinski definition) is 2. The third-order valence-corrected chi connectivity index (χ3v) is 5.24. The number of amides is 3. The minimum atomic E-state index is -0.536. The van der Waals surface area contributed by atoms with Crippen molar-refractivity contribution in [3.8, 4) is 5.75 Å². The standard InChI is InChI=1S/C25H31N3O4/c1-17(2)32-22-13-7-19(8-14-22)16-28(23-6-4-5-15-26-24(23)30)25(31)20-9-11-21(12-10-20)27-18(3)29/h7-14,17,23H,4-6,15-16H2,1-3H3,(H,26,30)(H,27,29)/t23-/m0/s1. The summed E-state index contributed by atoms with van der Waals surface area (Å²) in [5.74, 6) is 0.252. The Morgan fingerprint density at radius 1 is 1.09 bits per heavy atom. The molecule has 2 aromatic carbocycles. The molecule has 0 bridgehead atoms. The monoisotopic (exact) mass is 437 g/mol. The van der Waals surface area contributed by atoms with E-state index in [4.69, 9.17) is 4.74 Å². The first-order valence-electron chi connectivity index (χ1n) is 11.1. The summed E-state index contributed by atoms with van der Waals surface area (Å²) in [6.45, 7) is 6.31. The van der Waals surface area contributed by atoms with Crippen molar-refractivity contribution in [3.05, 3.63) is 59.7 Å². The zero-order valence-electron chi connectivity index (χ0n) is 18.9. The number of carbonyl (C=O) groups is 3. The number of nitrogens with one attached hydrogen (secondary N) is 2. The molecule has 1 aliphatic heterocycles. The number of anilines is 1. The number of carbonyl (C=O) groups excluding carboxylic acids is 3. The van der Waals surface area contributed by atoms with Crippen LogP contribution in [0, 0.1) is 0 Å². The van der Waals surface area contributed by atoms with E-state index in [0.29, 0.717) is 30.8 Å². The van der Waals surface area contributed by atoms with Gasteiger partial charge in [0.2, 0.25) is 11.8 Å². The van der Waals surface area contributed by atoms with E-state index in [1.165, 1.54) is 6.92 Å². The van der Waals surface area contributed by atoms with Crippen LogP contribution in [0.2, 0.25) is 0 Å². The molecular weight excluding hydrogens is 406 g/mol. The van der Waals surface area contributed by atoms with E-state index in [1.54, 1.807) is 29.2 Å². The molecule has 3 amide bonds. The third kappa shape index (κ3) is 6.33. The molecule has 1 aliphatic rings. The lowest BCUT2D eigenvalue weighted by molar-refractivity contribution is -0.125. The summed E-state index contributed by atoms with van der Waals surface area (Å²) in [7, 11) is 0. The van der Waals surface area contributed by atoms with Crippen molar-refractivity contribution in [1.82, 2.24) is 10.2 Å². The maximum absolute atomic E-state index is 13.5. The van der Waals surface area contributed by atoms with Gasteiger partial charge in [0.25, 0.3) is 5.91 Å². The number of rotatable bonds is 7. The molecule has 0 unspecified atom stereocenters. The van der Waals surface area contributed by atoms with Crippen molar-refractivity contribution < 1.29 is 19.1 Å². The second-order valence-electron chi connectivity index (χ2n) is 8.30. The van der Waals surface area contributed by atoms with E-state index in [1.807, 2.05) is 38.1 Å². The van der Waals surface area contributed by atoms with Crippen LogP contribution in [0.25, 0.3) is 0 Å². The predicted molar refractivity (Wildman–Crippen MR) is 123 cm³/mol. The molecule has 1 fully saturated rings. The highest BCUT2D eigenvalue weighted by Crippen LogP contribution is 2.22. The zero-order chi connectivity index (χ0) is 23.1. The highest BCUT2D eigenvalue weighted by Gasteiger charge is 2.31. The topological polar surface area (TPSA) is 87.7 Å². The fourth-order valence-electron chi connectivity index (χ4n) is 3.75. The Kier molecular flexibility index (Phi) is 7.87. The SMILES string of the molecule is CC(=O)Nc1ccc(C(=O)N(Cc2ccc(OC(C)C)cc2)[C@H]2CCCCNC2=O)cc1. The molecule has 0 spiro atoms. The molecule has 1 saturated heterocycles. The van der Waals surface area contributed by atoms with Gasteiger partial charge in [-0.15, -0.1) is 0 Å². The molecule has 0 aromatic heterocycles. The minimum Gasteiger partial charge on any atom is -0.491 e. The third-order valence-electron chi connectivity index (χ3n) is 5.24. The van der Waals surface area contributed by atoms with Gasteiger partial charge in [-0.3, -0.25) is 14.4 Å². The highest BCUT2D eigenvalue weighted by atomic mass is 16.5. The molecule has 0 saturated carbocycles. The van der Waals surface area contributed by atoms with Crippen molar-refractivity contribution in [2.24, 2.45) is 0 Å². The lowest BCUT2D eigenvalue weighted by atomic mass is 10.0. The molecule has 7 heteroatoms. The van der Waals surface area contributed by atoms with Crippen molar-refractivity contribution >= 4 is 23.4 Å². The van der Waals surface area contributed by atoms with Gasteiger partial charge in [0.1, 0.15) is 11.8 Å². The Bertz CT molecular complexity index is 939. The summed E-state index contributed by atoms with van der Waals surface area (Å²) in [6, 6.07) is 13.8. The molecule has 1 heterocycles. The number of nitrogens with zero attached hydrogens (tertiary/aromatic N) is 1. The summed E-state index contributed by atoms with van der Waals surface area (Å²) < 4.78 is 5.70. The molecule has 2 N–H and O–H groups in total. The van der Waals surface area contributed by atoms with Gasteiger partial charge in [0.15, 0.2) is 0 Å². The lowest BCUT2D eigenvalue weighted by Gasteiger charge is -2.30. The van der Waals surface area contributed by atoms with Crippen molar-refractivity contribution in [1.29, 1.82) is 0 Å². The van der Waals surface area contributed by atoms with Crippen molar-refractivity contribution in [2.45, 2.75) is 58.7 Å². The Balaban J connectivity index is 1.85. The average Bonchev–Trinajstić information content (AvgIpc) is 2.97. The van der Waals surface area contributed by atoms with Gasteiger partial charge < -0.3 is 20.3 Å². The van der Waals surface area contributed by atoms with Crippen LogP contribution in [0.4, 0.5) is 5.69 Å². The minimum absolute atomic E-state index is 0.0778. The Labute approximate surface area is 189 Å². The number of hydrogen-bond acceptors (Lipinski definition) is 4. The molecule has 1 atom stereocenters. The van der Waals surface area contributed by atoms with Crippen molar-refractivity contribution in [2.75, 3.05) is 11.9 Å². The number of ether oxygens (including phenoxy) is 1. The fraction of sp³-hybridized carbons (Fsp3) is 0.400. The van der Waals surface area contributed by atoms with Crippen LogP contribution in [-0.2, 0) is 16.1 Å². The number of benzene rings is 2. The van der Waals surface area contributed by atoms with Crippen LogP contribution in [0.1, 0.15) is 56.0 Å². The van der Waals surface area contributed by atoms with Crippen LogP contribution >= 0.6 is 0 Å².